The molecule has 1 aliphatic carbocycles. The molecule has 142 valence electrons. The Kier molecular flexibility index (Phi) is 4.05. The first-order valence-corrected chi connectivity index (χ1v) is 9.76. The third-order valence-corrected chi connectivity index (χ3v) is 4.87. The lowest BCUT2D eigenvalue weighted by atomic mass is 10.2. The molecular formula is C16H18N6O4S. The number of nitrogens with zero attached hydrogens (tertiary/aromatic N) is 3. The van der Waals surface area contributed by atoms with Gasteiger partial charge >= 0.3 is 0 Å². The van der Waals surface area contributed by atoms with Crippen molar-refractivity contribution in [1.82, 2.24) is 20.5 Å². The second-order valence-corrected chi connectivity index (χ2v) is 7.94. The zero-order valence-electron chi connectivity index (χ0n) is 17.2. The smallest absolute Gasteiger partial charge is 0.273 e. The molecule has 1 saturated carbocycles. The molecule has 11 heteroatoms. The fraction of sp³-hybridized carbons (Fsp3) is 0.312. The van der Waals surface area contributed by atoms with Crippen molar-refractivity contribution in [1.29, 1.82) is 0 Å². The number of aromatic nitrogens is 3. The Hall–Kier alpha value is -3.08. The van der Waals surface area contributed by atoms with Gasteiger partial charge < -0.3 is 16.0 Å². The van der Waals surface area contributed by atoms with Gasteiger partial charge in [-0.05, 0) is 25.0 Å². The van der Waals surface area contributed by atoms with E-state index in [2.05, 4.69) is 25.8 Å². The van der Waals surface area contributed by atoms with Crippen molar-refractivity contribution < 1.29 is 22.1 Å². The fourth-order valence-electron chi connectivity index (χ4n) is 2.26. The second-order valence-electron chi connectivity index (χ2n) is 5.96. The Bertz CT molecular complexity index is 1100. The van der Waals surface area contributed by atoms with Crippen LogP contribution in [-0.2, 0) is 14.6 Å². The summed E-state index contributed by atoms with van der Waals surface area (Å²) >= 11 is 0. The number of amides is 2. The van der Waals surface area contributed by atoms with Crippen LogP contribution in [0.2, 0.25) is 0 Å². The van der Waals surface area contributed by atoms with E-state index < -0.39 is 28.4 Å². The molecule has 3 rings (SSSR count). The van der Waals surface area contributed by atoms with Gasteiger partial charge in [-0.2, -0.15) is 0 Å². The molecule has 0 spiro atoms. The third kappa shape index (κ3) is 4.37. The van der Waals surface area contributed by atoms with Gasteiger partial charge in [0, 0.05) is 35.5 Å². The van der Waals surface area contributed by atoms with Crippen LogP contribution in [0.5, 0.6) is 0 Å². The van der Waals surface area contributed by atoms with E-state index in [0.29, 0.717) is 0 Å². The molecular weight excluding hydrogens is 372 g/mol. The quantitative estimate of drug-likeness (QED) is 0.652. The molecule has 1 aliphatic rings. The first-order valence-electron chi connectivity index (χ1n) is 9.37. The summed E-state index contributed by atoms with van der Waals surface area (Å²) in [6.07, 6.45) is 3.84. The van der Waals surface area contributed by atoms with Gasteiger partial charge in [-0.3, -0.25) is 9.59 Å². The first-order chi connectivity index (χ1) is 13.9. The van der Waals surface area contributed by atoms with Crippen LogP contribution >= 0.6 is 0 Å². The molecule has 2 aromatic rings. The predicted molar refractivity (Wildman–Crippen MR) is 97.4 cm³/mol. The van der Waals surface area contributed by atoms with E-state index in [1.807, 2.05) is 0 Å². The fourth-order valence-corrected chi connectivity index (χ4v) is 3.04. The Morgan fingerprint density at radius 2 is 2.07 bits per heavy atom. The number of sulfone groups is 1. The first kappa shape index (κ1) is 15.0. The van der Waals surface area contributed by atoms with Crippen molar-refractivity contribution in [3.05, 3.63) is 30.1 Å². The SMILES string of the molecule is [2H]C([2H])([2H])NC(=O)c1nnc(NC(=O)C2CC2)cc1Nc1ncccc1S(C)(=O)=O. The van der Waals surface area contributed by atoms with Crippen molar-refractivity contribution in [3.8, 4) is 0 Å². The Labute approximate surface area is 159 Å². The summed E-state index contributed by atoms with van der Waals surface area (Å²) in [7, 11) is -3.67. The van der Waals surface area contributed by atoms with E-state index in [1.165, 1.54) is 24.4 Å². The summed E-state index contributed by atoms with van der Waals surface area (Å²) in [5.41, 5.74) is -0.498. The third-order valence-electron chi connectivity index (χ3n) is 3.75. The molecule has 0 atom stereocenters. The molecule has 1 fully saturated rings. The number of carbonyl (C=O) groups excluding carboxylic acids is 2. The number of hydrogen-bond donors (Lipinski definition) is 3. The number of carbonyl (C=O) groups is 2. The van der Waals surface area contributed by atoms with Crippen LogP contribution in [-0.4, -0.2) is 48.6 Å². The van der Waals surface area contributed by atoms with Crippen molar-refractivity contribution in [2.75, 3.05) is 23.9 Å². The second kappa shape index (κ2) is 7.27. The van der Waals surface area contributed by atoms with E-state index in [-0.39, 0.29) is 34.0 Å². The molecule has 0 radical (unpaired) electrons. The molecule has 0 saturated heterocycles. The number of anilines is 3. The van der Waals surface area contributed by atoms with Crippen molar-refractivity contribution in [2.24, 2.45) is 5.92 Å². The number of pyridine rings is 1. The van der Waals surface area contributed by atoms with Gasteiger partial charge in [0.2, 0.25) is 5.91 Å². The Morgan fingerprint density at radius 1 is 1.30 bits per heavy atom. The van der Waals surface area contributed by atoms with Crippen LogP contribution in [0.15, 0.2) is 29.3 Å². The maximum absolute atomic E-state index is 12.4. The summed E-state index contributed by atoms with van der Waals surface area (Å²) < 4.78 is 45.6. The van der Waals surface area contributed by atoms with E-state index in [0.717, 1.165) is 19.1 Å². The molecule has 2 aromatic heterocycles. The van der Waals surface area contributed by atoms with Gasteiger partial charge in [0.25, 0.3) is 5.91 Å². The lowest BCUT2D eigenvalue weighted by Crippen LogP contribution is -2.22. The molecule has 2 heterocycles. The zero-order chi connectivity index (χ0) is 22.1. The van der Waals surface area contributed by atoms with Crippen LogP contribution < -0.4 is 16.0 Å². The lowest BCUT2D eigenvalue weighted by Gasteiger charge is -2.13. The van der Waals surface area contributed by atoms with Crippen molar-refractivity contribution in [2.45, 2.75) is 17.7 Å². The summed E-state index contributed by atoms with van der Waals surface area (Å²) in [5, 5.41) is 14.5. The standard InChI is InChI=1S/C16H18N6O4S/c1-17-16(24)13-10(8-12(21-22-13)20-15(23)9-5-6-9)19-14-11(27(2,25)26)4-3-7-18-14/h3-4,7-9H,5-6H2,1-2H3,(H,17,24)(H2,18,19,20,21,23)/i1D3. The summed E-state index contributed by atoms with van der Waals surface area (Å²) in [6.45, 7) is -2.78. The molecule has 2 amide bonds. The minimum atomic E-state index is -3.67. The lowest BCUT2D eigenvalue weighted by molar-refractivity contribution is -0.117. The van der Waals surface area contributed by atoms with Crippen molar-refractivity contribution in [3.63, 3.8) is 0 Å². The Morgan fingerprint density at radius 3 is 2.74 bits per heavy atom. The molecule has 0 unspecified atom stereocenters. The van der Waals surface area contributed by atoms with E-state index in [9.17, 15) is 18.0 Å². The normalized spacial score (nSPS) is 15.8. The highest BCUT2D eigenvalue weighted by Gasteiger charge is 2.30. The molecule has 0 bridgehead atoms. The topological polar surface area (TPSA) is 143 Å². The van der Waals surface area contributed by atoms with Crippen LogP contribution in [0.1, 0.15) is 27.4 Å². The van der Waals surface area contributed by atoms with Gasteiger partial charge in [-0.25, -0.2) is 13.4 Å². The molecule has 0 aromatic carbocycles. The minimum absolute atomic E-state index is 0.0108. The van der Waals surface area contributed by atoms with Gasteiger partial charge in [-0.15, -0.1) is 10.2 Å². The number of rotatable bonds is 6. The summed E-state index contributed by atoms with van der Waals surface area (Å²) in [5.74, 6) is -1.53. The predicted octanol–water partition coefficient (Wildman–Crippen LogP) is 0.727. The Balaban J connectivity index is 2.00. The zero-order valence-corrected chi connectivity index (χ0v) is 15.0. The van der Waals surface area contributed by atoms with Gasteiger partial charge in [0.05, 0.1) is 5.69 Å². The van der Waals surface area contributed by atoms with Crippen molar-refractivity contribution >= 4 is 39.0 Å². The number of nitrogens with one attached hydrogen (secondary N) is 3. The summed E-state index contributed by atoms with van der Waals surface area (Å²) in [6, 6.07) is 4.00. The largest absolute Gasteiger partial charge is 0.354 e. The molecule has 0 aliphatic heterocycles. The maximum Gasteiger partial charge on any atom is 0.273 e. The average molecular weight is 393 g/mol. The monoisotopic (exact) mass is 393 g/mol. The van der Waals surface area contributed by atoms with E-state index in [1.54, 1.807) is 5.32 Å². The van der Waals surface area contributed by atoms with Crippen LogP contribution in [0.4, 0.5) is 17.3 Å². The molecule has 10 nitrogen and oxygen atoms in total. The van der Waals surface area contributed by atoms with Gasteiger partial charge in [-0.1, -0.05) is 0 Å². The highest BCUT2D eigenvalue weighted by atomic mass is 32.2. The van der Waals surface area contributed by atoms with Gasteiger partial charge in [0.1, 0.15) is 10.7 Å². The highest BCUT2D eigenvalue weighted by molar-refractivity contribution is 7.90. The molecule has 27 heavy (non-hydrogen) atoms. The maximum atomic E-state index is 12.4. The number of hydrogen-bond acceptors (Lipinski definition) is 8. The molecule has 3 N–H and O–H groups in total. The average Bonchev–Trinajstić information content (AvgIpc) is 3.45. The van der Waals surface area contributed by atoms with E-state index >= 15 is 0 Å². The van der Waals surface area contributed by atoms with Crippen LogP contribution in [0.25, 0.3) is 0 Å². The van der Waals surface area contributed by atoms with Crippen LogP contribution in [0, 0.1) is 5.92 Å². The highest BCUT2D eigenvalue weighted by Crippen LogP contribution is 2.30. The minimum Gasteiger partial charge on any atom is -0.354 e. The summed E-state index contributed by atoms with van der Waals surface area (Å²) in [4.78, 5) is 28.2. The van der Waals surface area contributed by atoms with Crippen LogP contribution in [0.3, 0.4) is 0 Å². The van der Waals surface area contributed by atoms with E-state index in [4.69, 9.17) is 4.11 Å². The van der Waals surface area contributed by atoms with Gasteiger partial charge in [0.15, 0.2) is 21.3 Å².